The van der Waals surface area contributed by atoms with Gasteiger partial charge in [-0.3, -0.25) is 0 Å². The second-order valence-corrected chi connectivity index (χ2v) is 4.49. The monoisotopic (exact) mass is 167 g/mol. The Balaban J connectivity index is 2.62. The molecule has 0 bridgehead atoms. The molecular formula is C5H10FNO2S. The normalized spacial score (nSPS) is 29.2. The summed E-state index contributed by atoms with van der Waals surface area (Å²) in [6.07, 6.45) is 0.479. The Bertz CT molecular complexity index is 214. The first-order chi connectivity index (χ1) is 4.50. The van der Waals surface area contributed by atoms with Crippen LogP contribution in [0.1, 0.15) is 6.42 Å². The molecule has 0 spiro atoms. The predicted octanol–water partition coefficient (Wildman–Crippen LogP) is -0.0102. The van der Waals surface area contributed by atoms with Crippen LogP contribution >= 0.6 is 0 Å². The zero-order valence-corrected chi connectivity index (χ0v) is 6.57. The predicted molar refractivity (Wildman–Crippen MR) is 35.9 cm³/mol. The Morgan fingerprint density at radius 3 is 2.40 bits per heavy atom. The van der Waals surface area contributed by atoms with E-state index in [-0.39, 0.29) is 6.54 Å². The summed E-state index contributed by atoms with van der Waals surface area (Å²) in [6.45, 7) is 0.374. The highest BCUT2D eigenvalue weighted by Gasteiger charge is 2.27. The summed E-state index contributed by atoms with van der Waals surface area (Å²) in [6, 6.07) is 0. The topological polar surface area (TPSA) is 37.4 Å². The van der Waals surface area contributed by atoms with Crippen molar-refractivity contribution < 1.29 is 12.8 Å². The number of hydrogen-bond donors (Lipinski definition) is 0. The van der Waals surface area contributed by atoms with Crippen molar-refractivity contribution in [2.24, 2.45) is 0 Å². The molecule has 0 N–H and O–H groups in total. The molecule has 0 aromatic rings. The third kappa shape index (κ3) is 1.67. The van der Waals surface area contributed by atoms with Crippen molar-refractivity contribution in [2.45, 2.75) is 12.6 Å². The minimum atomic E-state index is -3.14. The zero-order valence-electron chi connectivity index (χ0n) is 5.75. The van der Waals surface area contributed by atoms with Crippen molar-refractivity contribution in [3.63, 3.8) is 0 Å². The number of sulfonamides is 1. The lowest BCUT2D eigenvalue weighted by molar-refractivity contribution is 0.343. The second-order valence-electron chi connectivity index (χ2n) is 2.51. The fourth-order valence-electron chi connectivity index (χ4n) is 0.989. The first-order valence-electron chi connectivity index (χ1n) is 3.09. The summed E-state index contributed by atoms with van der Waals surface area (Å²) in [5, 5.41) is 0. The lowest BCUT2D eigenvalue weighted by Crippen LogP contribution is -2.27. The van der Waals surface area contributed by atoms with Crippen molar-refractivity contribution in [3.8, 4) is 0 Å². The van der Waals surface area contributed by atoms with Crippen LogP contribution in [0.2, 0.25) is 0 Å². The molecule has 1 heterocycles. The van der Waals surface area contributed by atoms with Gasteiger partial charge in [0.25, 0.3) is 0 Å². The maximum Gasteiger partial charge on any atom is 0.211 e. The molecular weight excluding hydrogens is 157 g/mol. The molecule has 10 heavy (non-hydrogen) atoms. The molecule has 0 aromatic heterocycles. The van der Waals surface area contributed by atoms with Gasteiger partial charge in [-0.2, -0.15) is 4.31 Å². The molecule has 0 aliphatic carbocycles. The number of rotatable bonds is 1. The highest BCUT2D eigenvalue weighted by atomic mass is 32.2. The smallest absolute Gasteiger partial charge is 0.211 e. The van der Waals surface area contributed by atoms with Gasteiger partial charge in [0.05, 0.1) is 6.26 Å². The van der Waals surface area contributed by atoms with Crippen molar-refractivity contribution in [1.82, 2.24) is 4.31 Å². The van der Waals surface area contributed by atoms with Crippen molar-refractivity contribution in [2.75, 3.05) is 19.3 Å². The van der Waals surface area contributed by atoms with Gasteiger partial charge in [0, 0.05) is 13.1 Å². The molecule has 60 valence electrons. The second kappa shape index (κ2) is 2.47. The molecule has 0 saturated carbocycles. The van der Waals surface area contributed by atoms with E-state index in [1.807, 2.05) is 0 Å². The largest absolute Gasteiger partial charge is 0.246 e. The Morgan fingerprint density at radius 2 is 2.20 bits per heavy atom. The van der Waals surface area contributed by atoms with Gasteiger partial charge >= 0.3 is 0 Å². The summed E-state index contributed by atoms with van der Waals surface area (Å²) in [5.41, 5.74) is 0. The summed E-state index contributed by atoms with van der Waals surface area (Å²) in [5.74, 6) is 0. The Kier molecular flexibility index (Phi) is 1.96. The third-order valence-electron chi connectivity index (χ3n) is 1.56. The van der Waals surface area contributed by atoms with Gasteiger partial charge < -0.3 is 0 Å². The van der Waals surface area contributed by atoms with E-state index in [0.717, 1.165) is 10.6 Å². The Hall–Kier alpha value is -0.160. The van der Waals surface area contributed by atoms with E-state index in [2.05, 4.69) is 0 Å². The minimum absolute atomic E-state index is 0.0405. The van der Waals surface area contributed by atoms with Crippen LogP contribution in [-0.2, 0) is 10.0 Å². The van der Waals surface area contributed by atoms with Crippen molar-refractivity contribution in [3.05, 3.63) is 0 Å². The molecule has 1 aliphatic heterocycles. The van der Waals surface area contributed by atoms with Gasteiger partial charge in [0.15, 0.2) is 0 Å². The van der Waals surface area contributed by atoms with Gasteiger partial charge in [-0.25, -0.2) is 12.8 Å². The molecule has 1 rings (SSSR count). The van der Waals surface area contributed by atoms with Crippen molar-refractivity contribution in [1.29, 1.82) is 0 Å². The van der Waals surface area contributed by atoms with E-state index >= 15 is 0 Å². The van der Waals surface area contributed by atoms with Gasteiger partial charge in [-0.05, 0) is 6.42 Å². The zero-order chi connectivity index (χ0) is 7.78. The maximum atomic E-state index is 12.4. The standard InChI is InChI=1S/C5H10FNO2S/c1-10(8,9)7-3-2-5(6)4-7/h5H,2-4H2,1H3/t5-/m1/s1. The number of nitrogens with zero attached hydrogens (tertiary/aromatic N) is 1. The molecule has 0 aromatic carbocycles. The van der Waals surface area contributed by atoms with E-state index in [1.165, 1.54) is 0 Å². The average molecular weight is 167 g/mol. The molecule has 1 atom stereocenters. The SMILES string of the molecule is CS(=O)(=O)N1CC[C@@H](F)C1. The molecule has 0 unspecified atom stereocenters. The first-order valence-corrected chi connectivity index (χ1v) is 4.94. The molecule has 5 heteroatoms. The van der Waals surface area contributed by atoms with E-state index in [4.69, 9.17) is 0 Å². The summed E-state index contributed by atoms with van der Waals surface area (Å²) < 4.78 is 35.0. The molecule has 1 aliphatic rings. The van der Waals surface area contributed by atoms with E-state index in [1.54, 1.807) is 0 Å². The van der Waals surface area contributed by atoms with Crippen LogP contribution in [0.25, 0.3) is 0 Å². The fourth-order valence-corrected chi connectivity index (χ4v) is 1.86. The minimum Gasteiger partial charge on any atom is -0.246 e. The van der Waals surface area contributed by atoms with Gasteiger partial charge in [-0.15, -0.1) is 0 Å². The van der Waals surface area contributed by atoms with Gasteiger partial charge in [0.2, 0.25) is 10.0 Å². The van der Waals surface area contributed by atoms with Crippen LogP contribution in [0.3, 0.4) is 0 Å². The molecule has 1 fully saturated rings. The van der Waals surface area contributed by atoms with Crippen LogP contribution in [0.15, 0.2) is 0 Å². The van der Waals surface area contributed by atoms with Crippen LogP contribution in [-0.4, -0.2) is 38.2 Å². The van der Waals surface area contributed by atoms with E-state index in [0.29, 0.717) is 13.0 Å². The van der Waals surface area contributed by atoms with Crippen LogP contribution in [0.4, 0.5) is 4.39 Å². The molecule has 0 amide bonds. The van der Waals surface area contributed by atoms with Crippen molar-refractivity contribution >= 4 is 10.0 Å². The van der Waals surface area contributed by atoms with Crippen LogP contribution < -0.4 is 0 Å². The lowest BCUT2D eigenvalue weighted by Gasteiger charge is -2.09. The number of alkyl halides is 1. The average Bonchev–Trinajstić information content (AvgIpc) is 2.11. The van der Waals surface area contributed by atoms with Gasteiger partial charge in [-0.1, -0.05) is 0 Å². The fraction of sp³-hybridized carbons (Fsp3) is 1.00. The van der Waals surface area contributed by atoms with Crippen LogP contribution in [0, 0.1) is 0 Å². The van der Waals surface area contributed by atoms with E-state index in [9.17, 15) is 12.8 Å². The number of halogens is 1. The number of hydrogen-bond acceptors (Lipinski definition) is 2. The van der Waals surface area contributed by atoms with Crippen LogP contribution in [0.5, 0.6) is 0 Å². The highest BCUT2D eigenvalue weighted by Crippen LogP contribution is 2.14. The summed E-state index contributed by atoms with van der Waals surface area (Å²) in [7, 11) is -3.14. The summed E-state index contributed by atoms with van der Waals surface area (Å²) >= 11 is 0. The first kappa shape index (κ1) is 7.94. The molecule has 1 saturated heterocycles. The van der Waals surface area contributed by atoms with E-state index < -0.39 is 16.2 Å². The molecule has 0 radical (unpaired) electrons. The Morgan fingerprint density at radius 1 is 1.60 bits per heavy atom. The third-order valence-corrected chi connectivity index (χ3v) is 2.83. The van der Waals surface area contributed by atoms with Gasteiger partial charge in [0.1, 0.15) is 6.17 Å². The quantitative estimate of drug-likeness (QED) is 0.551. The highest BCUT2D eigenvalue weighted by molar-refractivity contribution is 7.88. The maximum absolute atomic E-state index is 12.4. The Labute approximate surface area is 59.9 Å². The summed E-state index contributed by atoms with van der Waals surface area (Å²) in [4.78, 5) is 0. The lowest BCUT2D eigenvalue weighted by atomic mass is 10.4. The molecule has 3 nitrogen and oxygen atoms in total.